The second-order valence-corrected chi connectivity index (χ2v) is 6.14. The molecule has 19 heavy (non-hydrogen) atoms. The summed E-state index contributed by atoms with van der Waals surface area (Å²) >= 11 is 0. The van der Waals surface area contributed by atoms with Gasteiger partial charge in [0.2, 0.25) is 11.8 Å². The van der Waals surface area contributed by atoms with Gasteiger partial charge in [-0.15, -0.1) is 0 Å². The average molecular weight is 268 g/mol. The molecule has 0 saturated carbocycles. The summed E-state index contributed by atoms with van der Waals surface area (Å²) in [7, 11) is 0. The van der Waals surface area contributed by atoms with Gasteiger partial charge in [0.15, 0.2) is 0 Å². The van der Waals surface area contributed by atoms with Gasteiger partial charge in [0, 0.05) is 6.54 Å². The number of nitrogens with zero attached hydrogens (tertiary/aromatic N) is 1. The van der Waals surface area contributed by atoms with Crippen LogP contribution in [0.15, 0.2) is 12.2 Å². The third-order valence-electron chi connectivity index (χ3n) is 2.92. The predicted octanol–water partition coefficient (Wildman–Crippen LogP) is 0.952. The standard InChI is InChI=1S/C14H24N2O3/c1-10(2)9-19-7-6-16-8-11(17)15-12(13(16)18)14(3,4)5/h12H,1,6-9H2,2-5H3,(H,15,17). The largest absolute Gasteiger partial charge is 0.375 e. The van der Waals surface area contributed by atoms with E-state index in [0.29, 0.717) is 19.8 Å². The monoisotopic (exact) mass is 268 g/mol. The van der Waals surface area contributed by atoms with Gasteiger partial charge in [-0.3, -0.25) is 9.59 Å². The Morgan fingerprint density at radius 2 is 2.11 bits per heavy atom. The maximum Gasteiger partial charge on any atom is 0.246 e. The van der Waals surface area contributed by atoms with E-state index < -0.39 is 6.04 Å². The minimum Gasteiger partial charge on any atom is -0.375 e. The Balaban J connectivity index is 2.55. The van der Waals surface area contributed by atoms with Crippen LogP contribution in [0.1, 0.15) is 27.7 Å². The van der Waals surface area contributed by atoms with E-state index in [1.807, 2.05) is 27.7 Å². The lowest BCUT2D eigenvalue weighted by Crippen LogP contribution is -2.62. The topological polar surface area (TPSA) is 58.6 Å². The van der Waals surface area contributed by atoms with Crippen LogP contribution in [0.25, 0.3) is 0 Å². The highest BCUT2D eigenvalue weighted by Gasteiger charge is 2.39. The third-order valence-corrected chi connectivity index (χ3v) is 2.92. The highest BCUT2D eigenvalue weighted by Crippen LogP contribution is 2.23. The van der Waals surface area contributed by atoms with E-state index in [1.54, 1.807) is 4.90 Å². The second-order valence-electron chi connectivity index (χ2n) is 6.14. The smallest absolute Gasteiger partial charge is 0.246 e. The lowest BCUT2D eigenvalue weighted by molar-refractivity contribution is -0.148. The molecule has 108 valence electrons. The number of rotatable bonds is 5. The SMILES string of the molecule is C=C(C)COCCN1CC(=O)NC(C(C)(C)C)C1=O. The zero-order chi connectivity index (χ0) is 14.6. The van der Waals surface area contributed by atoms with Crippen LogP contribution < -0.4 is 5.32 Å². The molecular weight excluding hydrogens is 244 g/mol. The summed E-state index contributed by atoms with van der Waals surface area (Å²) in [5.74, 6) is -0.148. The zero-order valence-corrected chi connectivity index (χ0v) is 12.3. The van der Waals surface area contributed by atoms with Crippen LogP contribution in [0.4, 0.5) is 0 Å². The van der Waals surface area contributed by atoms with Crippen molar-refractivity contribution in [1.82, 2.24) is 10.2 Å². The van der Waals surface area contributed by atoms with Gasteiger partial charge in [0.25, 0.3) is 0 Å². The van der Waals surface area contributed by atoms with Gasteiger partial charge in [-0.2, -0.15) is 0 Å². The molecule has 0 bridgehead atoms. The third kappa shape index (κ3) is 4.67. The van der Waals surface area contributed by atoms with Crippen molar-refractivity contribution >= 4 is 11.8 Å². The number of piperazine rings is 1. The normalized spacial score (nSPS) is 20.4. The Bertz CT molecular complexity index is 371. The molecule has 1 N–H and O–H groups in total. The Kier molecular flexibility index (Phi) is 5.11. The molecule has 2 amide bonds. The molecular formula is C14H24N2O3. The predicted molar refractivity (Wildman–Crippen MR) is 73.6 cm³/mol. The number of hydrogen-bond donors (Lipinski definition) is 1. The number of carbonyl (C=O) groups is 2. The molecule has 1 aliphatic heterocycles. The Morgan fingerprint density at radius 3 is 2.63 bits per heavy atom. The number of nitrogens with one attached hydrogen (secondary N) is 1. The van der Waals surface area contributed by atoms with Gasteiger partial charge in [0.05, 0.1) is 19.8 Å². The second kappa shape index (κ2) is 6.19. The van der Waals surface area contributed by atoms with E-state index in [9.17, 15) is 9.59 Å². The molecule has 0 aromatic carbocycles. The van der Waals surface area contributed by atoms with Crippen LogP contribution in [-0.2, 0) is 14.3 Å². The van der Waals surface area contributed by atoms with Crippen molar-refractivity contribution in [3.8, 4) is 0 Å². The van der Waals surface area contributed by atoms with Gasteiger partial charge >= 0.3 is 0 Å². The fourth-order valence-corrected chi connectivity index (χ4v) is 1.90. The van der Waals surface area contributed by atoms with E-state index >= 15 is 0 Å². The van der Waals surface area contributed by atoms with Crippen LogP contribution >= 0.6 is 0 Å². The first kappa shape index (κ1) is 15.7. The van der Waals surface area contributed by atoms with Crippen LogP contribution in [-0.4, -0.2) is 49.1 Å². The van der Waals surface area contributed by atoms with Gasteiger partial charge in [-0.25, -0.2) is 0 Å². The summed E-state index contributed by atoms with van der Waals surface area (Å²) in [5, 5.41) is 2.76. The molecule has 1 aliphatic rings. The van der Waals surface area contributed by atoms with Crippen LogP contribution in [0.5, 0.6) is 0 Å². The average Bonchev–Trinajstić information content (AvgIpc) is 2.26. The molecule has 0 radical (unpaired) electrons. The van der Waals surface area contributed by atoms with E-state index in [4.69, 9.17) is 4.74 Å². The summed E-state index contributed by atoms with van der Waals surface area (Å²) in [5.41, 5.74) is 0.652. The highest BCUT2D eigenvalue weighted by atomic mass is 16.5. The van der Waals surface area contributed by atoms with E-state index in [2.05, 4.69) is 11.9 Å². The summed E-state index contributed by atoms with van der Waals surface area (Å²) < 4.78 is 5.38. The van der Waals surface area contributed by atoms with Gasteiger partial charge in [-0.1, -0.05) is 32.9 Å². The molecule has 5 heteroatoms. The van der Waals surface area contributed by atoms with Crippen molar-refractivity contribution in [2.45, 2.75) is 33.7 Å². The van der Waals surface area contributed by atoms with Crippen molar-refractivity contribution < 1.29 is 14.3 Å². The van der Waals surface area contributed by atoms with Gasteiger partial charge < -0.3 is 15.0 Å². The van der Waals surface area contributed by atoms with Crippen LogP contribution in [0, 0.1) is 5.41 Å². The molecule has 1 fully saturated rings. The van der Waals surface area contributed by atoms with E-state index in [0.717, 1.165) is 5.57 Å². The molecule has 0 aliphatic carbocycles. The van der Waals surface area contributed by atoms with Crippen molar-refractivity contribution in [3.05, 3.63) is 12.2 Å². The number of ether oxygens (including phenoxy) is 1. The molecule has 1 saturated heterocycles. The first-order chi connectivity index (χ1) is 8.71. The molecule has 0 spiro atoms. The Labute approximate surface area is 115 Å². The molecule has 1 unspecified atom stereocenters. The Morgan fingerprint density at radius 1 is 1.47 bits per heavy atom. The number of carbonyl (C=O) groups excluding carboxylic acids is 2. The van der Waals surface area contributed by atoms with Crippen LogP contribution in [0.2, 0.25) is 0 Å². The minimum absolute atomic E-state index is 0.0361. The lowest BCUT2D eigenvalue weighted by Gasteiger charge is -2.38. The van der Waals surface area contributed by atoms with Crippen molar-refractivity contribution in [1.29, 1.82) is 0 Å². The summed E-state index contributed by atoms with van der Waals surface area (Å²) in [6, 6.07) is -0.463. The zero-order valence-electron chi connectivity index (χ0n) is 12.3. The summed E-state index contributed by atoms with van der Waals surface area (Å²) in [6.45, 7) is 12.9. The summed E-state index contributed by atoms with van der Waals surface area (Å²) in [4.78, 5) is 25.5. The minimum atomic E-state index is -0.463. The molecule has 1 heterocycles. The number of hydrogen-bond acceptors (Lipinski definition) is 3. The fourth-order valence-electron chi connectivity index (χ4n) is 1.90. The molecule has 0 aromatic rings. The van der Waals surface area contributed by atoms with Crippen LogP contribution in [0.3, 0.4) is 0 Å². The maximum absolute atomic E-state index is 12.3. The molecule has 0 aromatic heterocycles. The highest BCUT2D eigenvalue weighted by molar-refractivity contribution is 5.95. The van der Waals surface area contributed by atoms with Gasteiger partial charge in [-0.05, 0) is 12.3 Å². The van der Waals surface area contributed by atoms with Gasteiger partial charge in [0.1, 0.15) is 6.04 Å². The van der Waals surface area contributed by atoms with Crippen molar-refractivity contribution in [2.24, 2.45) is 5.41 Å². The quantitative estimate of drug-likeness (QED) is 0.596. The molecule has 5 nitrogen and oxygen atoms in total. The van der Waals surface area contributed by atoms with E-state index in [1.165, 1.54) is 0 Å². The van der Waals surface area contributed by atoms with Crippen molar-refractivity contribution in [2.75, 3.05) is 26.3 Å². The van der Waals surface area contributed by atoms with E-state index in [-0.39, 0.29) is 23.8 Å². The first-order valence-corrected chi connectivity index (χ1v) is 6.52. The fraction of sp³-hybridized carbons (Fsp3) is 0.714. The number of amides is 2. The summed E-state index contributed by atoms with van der Waals surface area (Å²) in [6.07, 6.45) is 0. The first-order valence-electron chi connectivity index (χ1n) is 6.52. The Hall–Kier alpha value is -1.36. The lowest BCUT2D eigenvalue weighted by atomic mass is 9.85. The van der Waals surface area contributed by atoms with Crippen molar-refractivity contribution in [3.63, 3.8) is 0 Å². The molecule has 1 rings (SSSR count). The molecule has 1 atom stereocenters. The maximum atomic E-state index is 12.3.